The third kappa shape index (κ3) is 4.30. The highest BCUT2D eigenvalue weighted by atomic mass is 16.2. The largest absolute Gasteiger partial charge is 0.338 e. The molecule has 21 heavy (non-hydrogen) atoms. The van der Waals surface area contributed by atoms with Crippen LogP contribution in [0.5, 0.6) is 0 Å². The van der Waals surface area contributed by atoms with Gasteiger partial charge in [-0.3, -0.25) is 10.1 Å². The highest BCUT2D eigenvalue weighted by Crippen LogP contribution is 2.11. The number of urea groups is 1. The van der Waals surface area contributed by atoms with Crippen LogP contribution in [-0.2, 0) is 6.42 Å². The molecule has 0 bridgehead atoms. The quantitative estimate of drug-likeness (QED) is 0.739. The number of hydrogen-bond acceptors (Lipinski definition) is 3. The normalized spacial score (nSPS) is 10.4. The van der Waals surface area contributed by atoms with Crippen molar-refractivity contribution in [2.45, 2.75) is 33.6 Å². The van der Waals surface area contributed by atoms with E-state index in [1.54, 1.807) is 6.20 Å². The Morgan fingerprint density at radius 2 is 2.10 bits per heavy atom. The summed E-state index contributed by atoms with van der Waals surface area (Å²) in [7, 11) is 0. The van der Waals surface area contributed by atoms with Gasteiger partial charge in [0.25, 0.3) is 0 Å². The fourth-order valence-corrected chi connectivity index (χ4v) is 2.13. The predicted molar refractivity (Wildman–Crippen MR) is 82.4 cm³/mol. The maximum atomic E-state index is 11.7. The summed E-state index contributed by atoms with van der Waals surface area (Å²) >= 11 is 0. The Morgan fingerprint density at radius 1 is 1.29 bits per heavy atom. The molecule has 0 radical (unpaired) electrons. The second-order valence-corrected chi connectivity index (χ2v) is 5.09. The average Bonchev–Trinajstić information content (AvgIpc) is 2.77. The second kappa shape index (κ2) is 6.88. The Hall–Kier alpha value is -2.37. The minimum atomic E-state index is -0.207. The van der Waals surface area contributed by atoms with Gasteiger partial charge in [0.2, 0.25) is 0 Å². The summed E-state index contributed by atoms with van der Waals surface area (Å²) in [6.07, 6.45) is 3.43. The van der Waals surface area contributed by atoms with Gasteiger partial charge in [0.15, 0.2) is 0 Å². The maximum absolute atomic E-state index is 11.7. The van der Waals surface area contributed by atoms with Crippen molar-refractivity contribution in [1.29, 1.82) is 0 Å². The van der Waals surface area contributed by atoms with Gasteiger partial charge in [-0.1, -0.05) is 0 Å². The number of carbonyl (C=O) groups excluding carboxylic acids is 1. The number of nitrogens with zero attached hydrogens (tertiary/aromatic N) is 2. The van der Waals surface area contributed by atoms with Gasteiger partial charge in [0, 0.05) is 17.9 Å². The fourth-order valence-electron chi connectivity index (χ4n) is 2.13. The minimum absolute atomic E-state index is 0.207. The monoisotopic (exact) mass is 287 g/mol. The molecule has 0 aliphatic carbocycles. The van der Waals surface area contributed by atoms with Gasteiger partial charge in [0.1, 0.15) is 0 Å². The van der Waals surface area contributed by atoms with Crippen LogP contribution in [0.15, 0.2) is 18.3 Å². The molecule has 3 N–H and O–H groups in total. The molecule has 0 spiro atoms. The van der Waals surface area contributed by atoms with Crippen molar-refractivity contribution in [3.05, 3.63) is 41.0 Å². The molecule has 0 fully saturated rings. The molecule has 2 aromatic rings. The summed E-state index contributed by atoms with van der Waals surface area (Å²) in [5.74, 6) is 0. The van der Waals surface area contributed by atoms with E-state index in [2.05, 4.69) is 25.8 Å². The number of aromatic nitrogens is 3. The highest BCUT2D eigenvalue weighted by Gasteiger charge is 2.06. The fraction of sp³-hybridized carbons (Fsp3) is 0.400. The van der Waals surface area contributed by atoms with E-state index < -0.39 is 0 Å². The van der Waals surface area contributed by atoms with E-state index in [-0.39, 0.29) is 6.03 Å². The SMILES string of the molecule is Cc1ccc(NC(=O)NCCCc2c(C)n[nH]c2C)cn1. The first kappa shape index (κ1) is 15.0. The first-order valence-corrected chi connectivity index (χ1v) is 7.04. The van der Waals surface area contributed by atoms with Crippen LogP contribution in [0.25, 0.3) is 0 Å². The number of rotatable bonds is 5. The predicted octanol–water partition coefficient (Wildman–Crippen LogP) is 2.48. The van der Waals surface area contributed by atoms with E-state index in [1.807, 2.05) is 32.9 Å². The molecule has 0 atom stereocenters. The van der Waals surface area contributed by atoms with Crippen LogP contribution in [0.1, 0.15) is 29.1 Å². The number of nitrogens with one attached hydrogen (secondary N) is 3. The van der Waals surface area contributed by atoms with Gasteiger partial charge in [-0.15, -0.1) is 0 Å². The Morgan fingerprint density at radius 3 is 2.71 bits per heavy atom. The van der Waals surface area contributed by atoms with Crippen molar-refractivity contribution in [1.82, 2.24) is 20.5 Å². The number of hydrogen-bond donors (Lipinski definition) is 3. The molecule has 6 nitrogen and oxygen atoms in total. The van der Waals surface area contributed by atoms with Crippen LogP contribution in [0.4, 0.5) is 10.5 Å². The van der Waals surface area contributed by atoms with E-state index in [0.29, 0.717) is 12.2 Å². The lowest BCUT2D eigenvalue weighted by Crippen LogP contribution is -2.29. The Labute approximate surface area is 124 Å². The second-order valence-electron chi connectivity index (χ2n) is 5.09. The van der Waals surface area contributed by atoms with E-state index in [1.165, 1.54) is 5.56 Å². The number of anilines is 1. The molecular formula is C15H21N5O. The first-order valence-electron chi connectivity index (χ1n) is 7.04. The third-order valence-corrected chi connectivity index (χ3v) is 3.34. The van der Waals surface area contributed by atoms with Gasteiger partial charge in [-0.05, 0) is 51.3 Å². The maximum Gasteiger partial charge on any atom is 0.319 e. The van der Waals surface area contributed by atoms with Crippen LogP contribution < -0.4 is 10.6 Å². The number of carbonyl (C=O) groups is 1. The zero-order valence-electron chi connectivity index (χ0n) is 12.7. The summed E-state index contributed by atoms with van der Waals surface area (Å²) in [6.45, 7) is 6.53. The standard InChI is InChI=1S/C15H21N5O/c1-10-6-7-13(9-17-10)18-15(21)16-8-4-5-14-11(2)19-20-12(14)3/h6-7,9H,4-5,8H2,1-3H3,(H,19,20)(H2,16,18,21). The van der Waals surface area contributed by atoms with Crippen molar-refractivity contribution in [3.8, 4) is 0 Å². The molecule has 2 rings (SSSR count). The molecule has 0 saturated heterocycles. The molecule has 2 heterocycles. The zero-order chi connectivity index (χ0) is 15.2. The molecule has 0 aliphatic heterocycles. The number of H-pyrrole nitrogens is 1. The van der Waals surface area contributed by atoms with Crippen LogP contribution in [0.2, 0.25) is 0 Å². The number of amides is 2. The molecule has 0 unspecified atom stereocenters. The topological polar surface area (TPSA) is 82.7 Å². The first-order chi connectivity index (χ1) is 10.1. The Bertz CT molecular complexity index is 584. The van der Waals surface area contributed by atoms with Crippen molar-refractivity contribution < 1.29 is 4.79 Å². The molecule has 6 heteroatoms. The zero-order valence-corrected chi connectivity index (χ0v) is 12.7. The summed E-state index contributed by atoms with van der Waals surface area (Å²) < 4.78 is 0. The third-order valence-electron chi connectivity index (χ3n) is 3.34. The summed E-state index contributed by atoms with van der Waals surface area (Å²) in [4.78, 5) is 15.9. The number of aromatic amines is 1. The van der Waals surface area contributed by atoms with E-state index in [9.17, 15) is 4.79 Å². The molecule has 0 aliphatic rings. The summed E-state index contributed by atoms with van der Waals surface area (Å²) in [6, 6.07) is 3.49. The van der Waals surface area contributed by atoms with E-state index >= 15 is 0 Å². The van der Waals surface area contributed by atoms with E-state index in [4.69, 9.17) is 0 Å². The van der Waals surface area contributed by atoms with Crippen molar-refractivity contribution in [3.63, 3.8) is 0 Å². The highest BCUT2D eigenvalue weighted by molar-refractivity contribution is 5.88. The average molecular weight is 287 g/mol. The van der Waals surface area contributed by atoms with Gasteiger partial charge in [-0.2, -0.15) is 5.10 Å². The minimum Gasteiger partial charge on any atom is -0.338 e. The van der Waals surface area contributed by atoms with Crippen molar-refractivity contribution >= 4 is 11.7 Å². The molecule has 2 amide bonds. The van der Waals surface area contributed by atoms with E-state index in [0.717, 1.165) is 29.9 Å². The summed E-state index contributed by atoms with van der Waals surface area (Å²) in [5, 5.41) is 12.7. The Kier molecular flexibility index (Phi) is 4.92. The van der Waals surface area contributed by atoms with Crippen LogP contribution in [0.3, 0.4) is 0 Å². The molecule has 2 aromatic heterocycles. The lowest BCUT2D eigenvalue weighted by atomic mass is 10.1. The number of pyridine rings is 1. The number of aryl methyl sites for hydroxylation is 3. The molecule has 0 aromatic carbocycles. The van der Waals surface area contributed by atoms with Crippen LogP contribution >= 0.6 is 0 Å². The summed E-state index contributed by atoms with van der Waals surface area (Å²) in [5.41, 5.74) is 4.98. The van der Waals surface area contributed by atoms with Gasteiger partial charge in [-0.25, -0.2) is 4.79 Å². The Balaban J connectivity index is 1.71. The van der Waals surface area contributed by atoms with Crippen molar-refractivity contribution in [2.75, 3.05) is 11.9 Å². The van der Waals surface area contributed by atoms with Crippen molar-refractivity contribution in [2.24, 2.45) is 0 Å². The van der Waals surface area contributed by atoms with Crippen LogP contribution in [-0.4, -0.2) is 27.8 Å². The van der Waals surface area contributed by atoms with Gasteiger partial charge in [0.05, 0.1) is 17.6 Å². The molecule has 112 valence electrons. The lowest BCUT2D eigenvalue weighted by molar-refractivity contribution is 0.252. The molecular weight excluding hydrogens is 266 g/mol. The van der Waals surface area contributed by atoms with Gasteiger partial charge >= 0.3 is 6.03 Å². The van der Waals surface area contributed by atoms with Crippen LogP contribution in [0, 0.1) is 20.8 Å². The van der Waals surface area contributed by atoms with Gasteiger partial charge < -0.3 is 10.6 Å². The smallest absolute Gasteiger partial charge is 0.319 e. The molecule has 0 saturated carbocycles. The lowest BCUT2D eigenvalue weighted by Gasteiger charge is -2.07.